The summed E-state index contributed by atoms with van der Waals surface area (Å²) in [5, 5.41) is 12.2. The summed E-state index contributed by atoms with van der Waals surface area (Å²) in [5.41, 5.74) is -1.87. The van der Waals surface area contributed by atoms with Crippen LogP contribution in [0.4, 0.5) is 0 Å². The molecule has 1 aromatic carbocycles. The molecule has 0 amide bonds. The van der Waals surface area contributed by atoms with E-state index in [1.54, 1.807) is 7.11 Å². The Morgan fingerprint density at radius 2 is 1.64 bits per heavy atom. The molecule has 0 radical (unpaired) electrons. The first-order valence-corrected chi connectivity index (χ1v) is 21.8. The van der Waals surface area contributed by atoms with Gasteiger partial charge in [0, 0.05) is 31.3 Å². The second kappa shape index (κ2) is 13.9. The molecule has 1 aromatic rings. The zero-order valence-corrected chi connectivity index (χ0v) is 33.3. The first-order valence-electron chi connectivity index (χ1n) is 19.2. The van der Waals surface area contributed by atoms with Crippen molar-refractivity contribution in [2.75, 3.05) is 34.5 Å². The molecule has 7 rings (SSSR count). The van der Waals surface area contributed by atoms with Crippen molar-refractivity contribution in [2.45, 2.75) is 115 Å². The number of carbonyl (C=O) groups is 3. The molecule has 0 unspecified atom stereocenters. The zero-order valence-electron chi connectivity index (χ0n) is 32.3. The Hall–Kier alpha value is -2.49. The Kier molecular flexibility index (Phi) is 10.2. The van der Waals surface area contributed by atoms with Crippen LogP contribution in [0.5, 0.6) is 0 Å². The fourth-order valence-corrected chi connectivity index (χ4v) is 14.7. The lowest BCUT2D eigenvalue weighted by atomic mass is 9.39. The van der Waals surface area contributed by atoms with Gasteiger partial charge in [0.05, 0.1) is 63.7 Å². The van der Waals surface area contributed by atoms with E-state index in [1.165, 1.54) is 14.2 Å². The molecule has 1 spiro atoms. The van der Waals surface area contributed by atoms with Crippen LogP contribution >= 0.6 is 0 Å². The minimum Gasteiger partial charge on any atom is -0.468 e. The lowest BCUT2D eigenvalue weighted by Crippen LogP contribution is -2.76. The van der Waals surface area contributed by atoms with E-state index in [4.69, 9.17) is 37.6 Å². The lowest BCUT2D eigenvalue weighted by Gasteiger charge is -2.64. The summed E-state index contributed by atoms with van der Waals surface area (Å²) >= 11 is 0. The number of ether oxygens (including phenoxy) is 7. The molecule has 2 saturated carbocycles. The highest BCUT2D eigenvalue weighted by molar-refractivity contribution is 6.73. The Balaban J connectivity index is 1.53. The monoisotopic (exact) mass is 756 g/mol. The molecule has 13 heteroatoms. The van der Waals surface area contributed by atoms with Crippen LogP contribution in [0.2, 0.25) is 18.1 Å². The van der Waals surface area contributed by atoms with E-state index in [0.29, 0.717) is 12.8 Å². The van der Waals surface area contributed by atoms with Crippen molar-refractivity contribution in [1.82, 2.24) is 0 Å². The molecule has 12 atom stereocenters. The van der Waals surface area contributed by atoms with Crippen molar-refractivity contribution < 1.29 is 57.1 Å². The first kappa shape index (κ1) is 38.8. The number of Topliss-reactive ketones (excluding diaryl/α,β-unsaturated/α-hetero) is 1. The van der Waals surface area contributed by atoms with E-state index in [-0.39, 0.29) is 37.9 Å². The van der Waals surface area contributed by atoms with Crippen LogP contribution in [0.25, 0.3) is 0 Å². The van der Waals surface area contributed by atoms with Crippen LogP contribution < -0.4 is 0 Å². The number of hydrogen-bond acceptors (Lipinski definition) is 12. The molecule has 3 heterocycles. The van der Waals surface area contributed by atoms with E-state index < -0.39 is 84.8 Å². The van der Waals surface area contributed by atoms with Crippen molar-refractivity contribution in [3.05, 3.63) is 47.0 Å². The minimum atomic E-state index is -2.47. The van der Waals surface area contributed by atoms with Crippen molar-refractivity contribution in [3.63, 3.8) is 0 Å². The summed E-state index contributed by atoms with van der Waals surface area (Å²) in [5.74, 6) is -5.91. The van der Waals surface area contributed by atoms with E-state index in [9.17, 15) is 14.7 Å². The second-order valence-corrected chi connectivity index (χ2v) is 21.0. The molecule has 2 bridgehead atoms. The number of aliphatic hydroxyl groups excluding tert-OH is 1. The van der Waals surface area contributed by atoms with Crippen LogP contribution in [0.1, 0.15) is 59.4 Å². The molecule has 6 aliphatic rings. The Morgan fingerprint density at radius 3 is 2.26 bits per heavy atom. The van der Waals surface area contributed by atoms with Gasteiger partial charge in [0.15, 0.2) is 20.4 Å². The fourth-order valence-electron chi connectivity index (χ4n) is 11.8. The van der Waals surface area contributed by atoms with Crippen LogP contribution in [0.15, 0.2) is 41.5 Å². The molecule has 5 fully saturated rings. The first-order chi connectivity index (χ1) is 25.3. The van der Waals surface area contributed by atoms with E-state index >= 15 is 4.79 Å². The number of ketones is 1. The van der Waals surface area contributed by atoms with Gasteiger partial charge in [-0.2, -0.15) is 0 Å². The average molecular weight is 757 g/mol. The molecule has 292 valence electrons. The topological polar surface area (TPSA) is 145 Å². The smallest absolute Gasteiger partial charge is 0.366 e. The number of benzene rings is 1. The van der Waals surface area contributed by atoms with Gasteiger partial charge in [-0.05, 0) is 55.5 Å². The summed E-state index contributed by atoms with van der Waals surface area (Å²) < 4.78 is 51.0. The van der Waals surface area contributed by atoms with E-state index in [0.717, 1.165) is 34.8 Å². The number of fused-ring (bicyclic) bond motifs is 2. The summed E-state index contributed by atoms with van der Waals surface area (Å²) in [6.45, 7) is 9.92. The quantitative estimate of drug-likeness (QED) is 0.179. The highest BCUT2D eigenvalue weighted by Crippen LogP contribution is 2.75. The Morgan fingerprint density at radius 1 is 0.962 bits per heavy atom. The van der Waals surface area contributed by atoms with Crippen molar-refractivity contribution in [3.8, 4) is 0 Å². The maximum Gasteiger partial charge on any atom is 0.366 e. The summed E-state index contributed by atoms with van der Waals surface area (Å²) in [4.78, 5) is 44.7. The Bertz CT molecular complexity index is 1620. The van der Waals surface area contributed by atoms with Gasteiger partial charge in [0.2, 0.25) is 0 Å². The summed E-state index contributed by atoms with van der Waals surface area (Å²) in [7, 11) is 1.71. The zero-order chi connectivity index (χ0) is 38.1. The van der Waals surface area contributed by atoms with Gasteiger partial charge in [-0.15, -0.1) is 0 Å². The average Bonchev–Trinajstić information content (AvgIpc) is 3.84. The number of methoxy groups -OCH3 is 3. The molecule has 12 nitrogen and oxygen atoms in total. The van der Waals surface area contributed by atoms with Crippen LogP contribution in [0.3, 0.4) is 0 Å². The minimum absolute atomic E-state index is 0.0302. The van der Waals surface area contributed by atoms with E-state index in [1.807, 2.05) is 44.2 Å². The Labute approximate surface area is 313 Å². The number of esters is 2. The third kappa shape index (κ3) is 5.21. The molecule has 1 N–H and O–H groups in total. The van der Waals surface area contributed by atoms with Gasteiger partial charge in [0.1, 0.15) is 11.5 Å². The third-order valence-corrected chi connectivity index (χ3v) is 19.2. The van der Waals surface area contributed by atoms with Crippen molar-refractivity contribution in [1.29, 1.82) is 0 Å². The van der Waals surface area contributed by atoms with Gasteiger partial charge in [-0.25, -0.2) is 4.79 Å². The summed E-state index contributed by atoms with van der Waals surface area (Å²) in [6.07, 6.45) is -2.81. The van der Waals surface area contributed by atoms with Gasteiger partial charge < -0.3 is 42.7 Å². The molecular weight excluding hydrogens is 701 g/mol. The standard InChI is InChI=1S/C40H56O12Si/c1-9-53(10-2,11-3)52-28-19-27(41)38(35(43)46-7)21-48-31-32(38)39(28)22-50-40(36(44)47-8,49-20-24-15-13-12-14-16-24)34(39)37(5,33(31)42)30-23(4)25-17-26(30)51-29(18-25)45-6/h12-16,25-29,31-32,34,41H,9-11,17-22H2,1-8H3/t25-,26-,27+,28-,29-,31+,32-,34-,37+,38-,39-,40-/m0/s1. The van der Waals surface area contributed by atoms with E-state index in [2.05, 4.69) is 20.8 Å². The normalized spacial score (nSPS) is 41.6. The molecule has 3 aliphatic heterocycles. The number of rotatable bonds is 12. The van der Waals surface area contributed by atoms with Crippen LogP contribution in [0, 0.1) is 34.0 Å². The largest absolute Gasteiger partial charge is 0.468 e. The number of carbonyl (C=O) groups excluding carboxylic acids is 3. The molecule has 3 aliphatic carbocycles. The van der Waals surface area contributed by atoms with Gasteiger partial charge in [0.25, 0.3) is 5.79 Å². The molecule has 0 aromatic heterocycles. The molecular formula is C40H56O12Si. The highest BCUT2D eigenvalue weighted by atomic mass is 28.4. The van der Waals surface area contributed by atoms with Crippen molar-refractivity contribution in [2.24, 2.45) is 34.0 Å². The van der Waals surface area contributed by atoms with Crippen LogP contribution in [-0.4, -0.2) is 102 Å². The van der Waals surface area contributed by atoms with Gasteiger partial charge in [-0.3, -0.25) is 9.59 Å². The predicted octanol–water partition coefficient (Wildman–Crippen LogP) is 4.72. The third-order valence-electron chi connectivity index (χ3n) is 14.5. The highest BCUT2D eigenvalue weighted by Gasteiger charge is 2.87. The molecule has 53 heavy (non-hydrogen) atoms. The predicted molar refractivity (Wildman–Crippen MR) is 192 cm³/mol. The van der Waals surface area contributed by atoms with Gasteiger partial charge >= 0.3 is 11.9 Å². The second-order valence-electron chi connectivity index (χ2n) is 16.2. The number of allylic oxidation sites excluding steroid dienone is 1. The fraction of sp³-hybridized carbons (Fsp3) is 0.725. The SMILES string of the molecule is CC[Si](CC)(CC)O[C@H]1C[C@@H](O)[C@@]2(C(=O)OC)CO[C@H]3C(=O)[C@@](C)(C4=C(C)[C@@H]5C[C@@H](OC)O[C@H]4C5)[C@@H]4[C@@](OCc5ccccc5)(C(=O)OC)OC[C@@]14[C@@H]32. The maximum absolute atomic E-state index is 15.8. The maximum atomic E-state index is 15.8. The van der Waals surface area contributed by atoms with Gasteiger partial charge in [-0.1, -0.05) is 56.7 Å². The summed E-state index contributed by atoms with van der Waals surface area (Å²) in [6, 6.07) is 11.9. The number of hydrogen-bond donors (Lipinski definition) is 1. The van der Waals surface area contributed by atoms with Crippen LogP contribution in [-0.2, 0) is 58.6 Å². The molecule has 3 saturated heterocycles. The lowest BCUT2D eigenvalue weighted by molar-refractivity contribution is -0.269. The van der Waals surface area contributed by atoms with Crippen molar-refractivity contribution >= 4 is 26.0 Å². The number of aliphatic hydroxyl groups is 1.